The molecular formula is C15H13BrF3NO. The normalized spacial score (nSPS) is 11.5. The lowest BCUT2D eigenvalue weighted by molar-refractivity contribution is -0.137. The van der Waals surface area contributed by atoms with Gasteiger partial charge in [0.25, 0.3) is 0 Å². The van der Waals surface area contributed by atoms with Crippen molar-refractivity contribution in [2.24, 2.45) is 5.73 Å². The highest BCUT2D eigenvalue weighted by Crippen LogP contribution is 2.31. The first-order valence-electron chi connectivity index (χ1n) is 6.17. The Kier molecular flexibility index (Phi) is 4.90. The van der Waals surface area contributed by atoms with Crippen molar-refractivity contribution in [3.8, 4) is 5.75 Å². The van der Waals surface area contributed by atoms with Crippen molar-refractivity contribution in [1.82, 2.24) is 0 Å². The van der Waals surface area contributed by atoms with Gasteiger partial charge in [0.05, 0.1) is 5.56 Å². The van der Waals surface area contributed by atoms with E-state index >= 15 is 0 Å². The van der Waals surface area contributed by atoms with E-state index in [4.69, 9.17) is 10.5 Å². The van der Waals surface area contributed by atoms with E-state index in [0.717, 1.165) is 27.7 Å². The highest BCUT2D eigenvalue weighted by atomic mass is 79.9. The van der Waals surface area contributed by atoms with Crippen LogP contribution >= 0.6 is 15.9 Å². The van der Waals surface area contributed by atoms with Crippen LogP contribution < -0.4 is 10.5 Å². The zero-order valence-corrected chi connectivity index (χ0v) is 12.5. The maximum absolute atomic E-state index is 12.6. The summed E-state index contributed by atoms with van der Waals surface area (Å²) >= 11 is 3.39. The van der Waals surface area contributed by atoms with Crippen molar-refractivity contribution in [3.63, 3.8) is 0 Å². The fourth-order valence-electron chi connectivity index (χ4n) is 1.76. The van der Waals surface area contributed by atoms with E-state index in [-0.39, 0.29) is 12.4 Å². The number of hydrogen-bond donors (Lipinski definition) is 1. The summed E-state index contributed by atoms with van der Waals surface area (Å²) in [6.07, 6.45) is -4.37. The molecule has 2 aromatic carbocycles. The van der Waals surface area contributed by atoms with Crippen LogP contribution in [0.4, 0.5) is 13.2 Å². The number of ether oxygens (including phenoxy) is 1. The second-order valence-corrected chi connectivity index (χ2v) is 5.30. The van der Waals surface area contributed by atoms with E-state index in [1.807, 2.05) is 18.2 Å². The Morgan fingerprint density at radius 2 is 1.86 bits per heavy atom. The molecule has 0 saturated heterocycles. The molecule has 0 spiro atoms. The third-order valence-corrected chi connectivity index (χ3v) is 3.65. The molecule has 0 saturated carbocycles. The predicted octanol–water partition coefficient (Wildman–Crippen LogP) is 4.51. The second kappa shape index (κ2) is 6.49. The Hall–Kier alpha value is -1.53. The van der Waals surface area contributed by atoms with Crippen molar-refractivity contribution in [2.75, 3.05) is 0 Å². The van der Waals surface area contributed by atoms with Crippen LogP contribution in [0.1, 0.15) is 16.7 Å². The first kappa shape index (κ1) is 15.9. The molecule has 0 fully saturated rings. The van der Waals surface area contributed by atoms with E-state index < -0.39 is 11.7 Å². The quantitative estimate of drug-likeness (QED) is 0.871. The van der Waals surface area contributed by atoms with E-state index in [1.165, 1.54) is 12.1 Å². The van der Waals surface area contributed by atoms with Crippen LogP contribution in [-0.4, -0.2) is 0 Å². The summed E-state index contributed by atoms with van der Waals surface area (Å²) in [6, 6.07) is 10.4. The Morgan fingerprint density at radius 3 is 2.48 bits per heavy atom. The van der Waals surface area contributed by atoms with Gasteiger partial charge >= 0.3 is 6.18 Å². The van der Waals surface area contributed by atoms with Crippen LogP contribution in [0.15, 0.2) is 46.9 Å². The molecule has 0 unspecified atom stereocenters. The lowest BCUT2D eigenvalue weighted by atomic mass is 10.1. The minimum Gasteiger partial charge on any atom is -0.489 e. The summed E-state index contributed by atoms with van der Waals surface area (Å²) in [6.45, 7) is 0.597. The first-order valence-corrected chi connectivity index (χ1v) is 6.97. The maximum Gasteiger partial charge on any atom is 0.416 e. The lowest BCUT2D eigenvalue weighted by Crippen LogP contribution is -2.05. The molecule has 2 rings (SSSR count). The maximum atomic E-state index is 12.6. The molecule has 2 aromatic rings. The zero-order chi connectivity index (χ0) is 15.5. The van der Waals surface area contributed by atoms with Crippen LogP contribution in [-0.2, 0) is 19.3 Å². The summed E-state index contributed by atoms with van der Waals surface area (Å²) in [5.74, 6) is 0.180. The molecule has 0 amide bonds. The van der Waals surface area contributed by atoms with Gasteiger partial charge in [-0.3, -0.25) is 0 Å². The number of alkyl halides is 3. The molecule has 0 aliphatic carbocycles. The molecule has 6 heteroatoms. The first-order chi connectivity index (χ1) is 9.90. The van der Waals surface area contributed by atoms with Gasteiger partial charge in [-0.25, -0.2) is 0 Å². The summed E-state index contributed by atoms with van der Waals surface area (Å²) in [4.78, 5) is 0. The summed E-state index contributed by atoms with van der Waals surface area (Å²) in [5.41, 5.74) is 6.61. The minimum absolute atomic E-state index is 0.173. The summed E-state index contributed by atoms with van der Waals surface area (Å²) < 4.78 is 44.0. The van der Waals surface area contributed by atoms with Crippen LogP contribution in [0, 0.1) is 0 Å². The molecule has 2 nitrogen and oxygen atoms in total. The standard InChI is InChI=1S/C15H13BrF3NO/c16-14-6-10(8-20)4-5-11(14)9-21-13-3-1-2-12(7-13)15(17,18)19/h1-7H,8-9,20H2. The van der Waals surface area contributed by atoms with Crippen LogP contribution in [0.3, 0.4) is 0 Å². The van der Waals surface area contributed by atoms with Crippen molar-refractivity contribution < 1.29 is 17.9 Å². The smallest absolute Gasteiger partial charge is 0.416 e. The van der Waals surface area contributed by atoms with Gasteiger partial charge in [0.15, 0.2) is 0 Å². The van der Waals surface area contributed by atoms with Crippen molar-refractivity contribution in [1.29, 1.82) is 0 Å². The van der Waals surface area contributed by atoms with Gasteiger partial charge in [-0.05, 0) is 29.8 Å². The Labute approximate surface area is 128 Å². The fourth-order valence-corrected chi connectivity index (χ4v) is 2.30. The van der Waals surface area contributed by atoms with Gasteiger partial charge in [-0.1, -0.05) is 34.1 Å². The topological polar surface area (TPSA) is 35.2 Å². The average molecular weight is 360 g/mol. The monoisotopic (exact) mass is 359 g/mol. The van der Waals surface area contributed by atoms with Gasteiger partial charge in [0.1, 0.15) is 12.4 Å². The van der Waals surface area contributed by atoms with Gasteiger partial charge in [0.2, 0.25) is 0 Å². The van der Waals surface area contributed by atoms with Crippen molar-refractivity contribution >= 4 is 15.9 Å². The zero-order valence-electron chi connectivity index (χ0n) is 11.0. The van der Waals surface area contributed by atoms with E-state index in [2.05, 4.69) is 15.9 Å². The number of rotatable bonds is 4. The van der Waals surface area contributed by atoms with E-state index in [0.29, 0.717) is 6.54 Å². The van der Waals surface area contributed by atoms with Gasteiger partial charge in [-0.15, -0.1) is 0 Å². The van der Waals surface area contributed by atoms with Crippen molar-refractivity contribution in [2.45, 2.75) is 19.3 Å². The number of halogens is 4. The molecule has 0 aromatic heterocycles. The molecule has 0 bridgehead atoms. The van der Waals surface area contributed by atoms with Crippen LogP contribution in [0.2, 0.25) is 0 Å². The molecule has 21 heavy (non-hydrogen) atoms. The highest BCUT2D eigenvalue weighted by Gasteiger charge is 2.30. The summed E-state index contributed by atoms with van der Waals surface area (Å²) in [5, 5.41) is 0. The Bertz CT molecular complexity index is 629. The van der Waals surface area contributed by atoms with Crippen LogP contribution in [0.25, 0.3) is 0 Å². The van der Waals surface area contributed by atoms with Gasteiger partial charge in [0, 0.05) is 16.6 Å². The molecule has 112 valence electrons. The Balaban J connectivity index is 2.10. The van der Waals surface area contributed by atoms with E-state index in [9.17, 15) is 13.2 Å². The molecule has 0 aliphatic rings. The highest BCUT2D eigenvalue weighted by molar-refractivity contribution is 9.10. The molecule has 2 N–H and O–H groups in total. The largest absolute Gasteiger partial charge is 0.489 e. The predicted molar refractivity (Wildman–Crippen MR) is 77.8 cm³/mol. The molecular weight excluding hydrogens is 347 g/mol. The SMILES string of the molecule is NCc1ccc(COc2cccc(C(F)(F)F)c2)c(Br)c1. The van der Waals surface area contributed by atoms with Crippen molar-refractivity contribution in [3.05, 3.63) is 63.6 Å². The number of hydrogen-bond acceptors (Lipinski definition) is 2. The second-order valence-electron chi connectivity index (χ2n) is 4.44. The molecule has 0 heterocycles. The third-order valence-electron chi connectivity index (χ3n) is 2.91. The van der Waals surface area contributed by atoms with Gasteiger partial charge < -0.3 is 10.5 Å². The van der Waals surface area contributed by atoms with E-state index in [1.54, 1.807) is 0 Å². The lowest BCUT2D eigenvalue weighted by Gasteiger charge is -2.11. The van der Waals surface area contributed by atoms with Crippen LogP contribution in [0.5, 0.6) is 5.75 Å². The third kappa shape index (κ3) is 4.22. The molecule has 0 radical (unpaired) electrons. The van der Waals surface area contributed by atoms with Gasteiger partial charge in [-0.2, -0.15) is 13.2 Å². The Morgan fingerprint density at radius 1 is 1.10 bits per heavy atom. The fraction of sp³-hybridized carbons (Fsp3) is 0.200. The number of benzene rings is 2. The molecule has 0 atom stereocenters. The average Bonchev–Trinajstić information content (AvgIpc) is 2.45. The molecule has 0 aliphatic heterocycles. The minimum atomic E-state index is -4.37. The summed E-state index contributed by atoms with van der Waals surface area (Å²) in [7, 11) is 0. The number of nitrogens with two attached hydrogens (primary N) is 1.